The molecule has 0 atom stereocenters. The highest BCUT2D eigenvalue weighted by atomic mass is 16.4. The first-order chi connectivity index (χ1) is 8.41. The largest absolute Gasteiger partial charge is 0.480 e. The van der Waals surface area contributed by atoms with E-state index in [1.54, 1.807) is 31.2 Å². The Bertz CT molecular complexity index is 469. The molecule has 0 aliphatic carbocycles. The maximum absolute atomic E-state index is 12.1. The smallest absolute Gasteiger partial charge is 0.323 e. The van der Waals surface area contributed by atoms with E-state index in [1.807, 2.05) is 0 Å². The third-order valence-corrected chi connectivity index (χ3v) is 2.34. The van der Waals surface area contributed by atoms with E-state index in [4.69, 9.17) is 10.8 Å². The zero-order valence-corrected chi connectivity index (χ0v) is 9.92. The number of nitrogens with two attached hydrogens (primary N) is 1. The molecule has 18 heavy (non-hydrogen) atoms. The lowest BCUT2D eigenvalue weighted by Crippen LogP contribution is -2.41. The van der Waals surface area contributed by atoms with Crippen molar-refractivity contribution >= 4 is 17.8 Å². The van der Waals surface area contributed by atoms with Crippen LogP contribution in [-0.4, -0.2) is 40.9 Å². The van der Waals surface area contributed by atoms with Crippen LogP contribution >= 0.6 is 0 Å². The number of amides is 2. The fourth-order valence-corrected chi connectivity index (χ4v) is 1.53. The van der Waals surface area contributed by atoms with Crippen LogP contribution in [0.25, 0.3) is 0 Å². The molecule has 1 rings (SSSR count). The van der Waals surface area contributed by atoms with Gasteiger partial charge in [-0.1, -0.05) is 18.2 Å². The number of aryl methyl sites for hydroxylation is 1. The fraction of sp³-hybridized carbons (Fsp3) is 0.250. The first kappa shape index (κ1) is 13.7. The van der Waals surface area contributed by atoms with Gasteiger partial charge in [-0.05, 0) is 18.6 Å². The van der Waals surface area contributed by atoms with Gasteiger partial charge in [0.05, 0.1) is 0 Å². The van der Waals surface area contributed by atoms with Crippen LogP contribution in [0.15, 0.2) is 24.3 Å². The molecular weight excluding hydrogens is 236 g/mol. The molecule has 0 aliphatic heterocycles. The van der Waals surface area contributed by atoms with Gasteiger partial charge in [0.25, 0.3) is 5.91 Å². The number of hydrogen-bond donors (Lipinski definition) is 2. The molecule has 0 radical (unpaired) electrons. The number of carboxylic acids is 1. The molecule has 0 saturated heterocycles. The summed E-state index contributed by atoms with van der Waals surface area (Å²) >= 11 is 0. The monoisotopic (exact) mass is 250 g/mol. The molecule has 0 unspecified atom stereocenters. The first-order valence-electron chi connectivity index (χ1n) is 5.27. The lowest BCUT2D eigenvalue weighted by atomic mass is 10.1. The zero-order valence-electron chi connectivity index (χ0n) is 9.92. The Morgan fingerprint density at radius 1 is 1.22 bits per heavy atom. The number of carbonyl (C=O) groups excluding carboxylic acids is 2. The minimum Gasteiger partial charge on any atom is -0.480 e. The summed E-state index contributed by atoms with van der Waals surface area (Å²) in [6, 6.07) is 6.75. The lowest BCUT2D eigenvalue weighted by molar-refractivity contribution is -0.138. The SMILES string of the molecule is Cc1ccccc1C(=O)N(CC(N)=O)CC(=O)O. The fourth-order valence-electron chi connectivity index (χ4n) is 1.53. The number of aliphatic carboxylic acids is 1. The maximum Gasteiger partial charge on any atom is 0.323 e. The van der Waals surface area contributed by atoms with E-state index in [9.17, 15) is 14.4 Å². The Labute approximate surface area is 104 Å². The normalized spacial score (nSPS) is 9.83. The van der Waals surface area contributed by atoms with Gasteiger partial charge in [0.15, 0.2) is 0 Å². The molecule has 0 heterocycles. The van der Waals surface area contributed by atoms with Crippen molar-refractivity contribution < 1.29 is 19.5 Å². The summed E-state index contributed by atoms with van der Waals surface area (Å²) in [6.45, 7) is 0.756. The van der Waals surface area contributed by atoms with Crippen LogP contribution < -0.4 is 5.73 Å². The standard InChI is InChI=1S/C12H14N2O4/c1-8-4-2-3-5-9(8)12(18)14(6-10(13)15)7-11(16)17/h2-5H,6-7H2,1H3,(H2,13,15)(H,16,17). The van der Waals surface area contributed by atoms with E-state index in [-0.39, 0.29) is 0 Å². The van der Waals surface area contributed by atoms with Gasteiger partial charge >= 0.3 is 5.97 Å². The Kier molecular flexibility index (Phi) is 4.42. The highest BCUT2D eigenvalue weighted by Crippen LogP contribution is 2.10. The van der Waals surface area contributed by atoms with Gasteiger partial charge in [-0.15, -0.1) is 0 Å². The number of rotatable bonds is 5. The topological polar surface area (TPSA) is 101 Å². The number of carbonyl (C=O) groups is 3. The minimum absolute atomic E-state index is 0.361. The van der Waals surface area contributed by atoms with Gasteiger partial charge in [-0.25, -0.2) is 0 Å². The third-order valence-electron chi connectivity index (χ3n) is 2.34. The van der Waals surface area contributed by atoms with Gasteiger partial charge in [-0.3, -0.25) is 14.4 Å². The van der Waals surface area contributed by atoms with Crippen molar-refractivity contribution in [3.8, 4) is 0 Å². The molecule has 6 nitrogen and oxygen atoms in total. The van der Waals surface area contributed by atoms with Gasteiger partial charge in [0.1, 0.15) is 13.1 Å². The highest BCUT2D eigenvalue weighted by molar-refractivity contribution is 5.99. The van der Waals surface area contributed by atoms with Crippen LogP contribution in [0.3, 0.4) is 0 Å². The van der Waals surface area contributed by atoms with Crippen LogP contribution in [0.1, 0.15) is 15.9 Å². The summed E-state index contributed by atoms with van der Waals surface area (Å²) in [5.74, 6) is -2.47. The number of benzene rings is 1. The third kappa shape index (κ3) is 3.58. The highest BCUT2D eigenvalue weighted by Gasteiger charge is 2.21. The second-order valence-electron chi connectivity index (χ2n) is 3.84. The van der Waals surface area contributed by atoms with Crippen LogP contribution in [0, 0.1) is 6.92 Å². The Balaban J connectivity index is 2.98. The minimum atomic E-state index is -1.20. The lowest BCUT2D eigenvalue weighted by Gasteiger charge is -2.19. The van der Waals surface area contributed by atoms with Crippen molar-refractivity contribution in [3.63, 3.8) is 0 Å². The van der Waals surface area contributed by atoms with Gasteiger partial charge in [0.2, 0.25) is 5.91 Å². The predicted molar refractivity (Wildman–Crippen MR) is 63.9 cm³/mol. The quantitative estimate of drug-likeness (QED) is 0.768. The number of carboxylic acid groups (broad SMARTS) is 1. The van der Waals surface area contributed by atoms with Gasteiger partial charge in [-0.2, -0.15) is 0 Å². The van der Waals surface area contributed by atoms with Crippen molar-refractivity contribution in [2.45, 2.75) is 6.92 Å². The predicted octanol–water partition coefficient (Wildman–Crippen LogP) is 0.00712. The number of primary amides is 1. The van der Waals surface area contributed by atoms with E-state index in [2.05, 4.69) is 0 Å². The van der Waals surface area contributed by atoms with Crippen LogP contribution in [0.4, 0.5) is 0 Å². The summed E-state index contributed by atoms with van der Waals surface area (Å²) in [5.41, 5.74) is 6.07. The Hall–Kier alpha value is -2.37. The average Bonchev–Trinajstić information content (AvgIpc) is 2.26. The molecule has 2 amide bonds. The molecule has 0 fully saturated rings. The molecule has 0 bridgehead atoms. The number of hydrogen-bond acceptors (Lipinski definition) is 3. The van der Waals surface area contributed by atoms with E-state index in [0.717, 1.165) is 4.90 Å². The molecule has 3 N–H and O–H groups in total. The van der Waals surface area contributed by atoms with Crippen LogP contribution in [-0.2, 0) is 9.59 Å². The van der Waals surface area contributed by atoms with Crippen molar-refractivity contribution in [1.82, 2.24) is 4.90 Å². The molecule has 96 valence electrons. The van der Waals surface area contributed by atoms with Crippen molar-refractivity contribution in [3.05, 3.63) is 35.4 Å². The second kappa shape index (κ2) is 5.81. The molecule has 6 heteroatoms. The average molecular weight is 250 g/mol. The van der Waals surface area contributed by atoms with Crippen molar-refractivity contribution in [2.24, 2.45) is 5.73 Å². The van der Waals surface area contributed by atoms with E-state index in [0.29, 0.717) is 11.1 Å². The van der Waals surface area contributed by atoms with Crippen molar-refractivity contribution in [2.75, 3.05) is 13.1 Å². The van der Waals surface area contributed by atoms with E-state index >= 15 is 0 Å². The molecule has 1 aromatic carbocycles. The first-order valence-corrected chi connectivity index (χ1v) is 5.27. The van der Waals surface area contributed by atoms with Crippen LogP contribution in [0.5, 0.6) is 0 Å². The summed E-state index contributed by atoms with van der Waals surface area (Å²) in [7, 11) is 0. The molecule has 0 aliphatic rings. The zero-order chi connectivity index (χ0) is 13.7. The Morgan fingerprint density at radius 2 is 1.83 bits per heavy atom. The van der Waals surface area contributed by atoms with Crippen molar-refractivity contribution in [1.29, 1.82) is 0 Å². The molecular formula is C12H14N2O4. The van der Waals surface area contributed by atoms with Crippen LogP contribution in [0.2, 0.25) is 0 Å². The molecule has 0 spiro atoms. The summed E-state index contributed by atoms with van der Waals surface area (Å²) in [4.78, 5) is 34.5. The van der Waals surface area contributed by atoms with E-state index < -0.39 is 30.9 Å². The summed E-state index contributed by atoms with van der Waals surface area (Å²) < 4.78 is 0. The summed E-state index contributed by atoms with van der Waals surface area (Å²) in [6.07, 6.45) is 0. The van der Waals surface area contributed by atoms with Gasteiger partial charge in [0, 0.05) is 5.56 Å². The van der Waals surface area contributed by atoms with Gasteiger partial charge < -0.3 is 15.7 Å². The Morgan fingerprint density at radius 3 is 2.33 bits per heavy atom. The summed E-state index contributed by atoms with van der Waals surface area (Å²) in [5, 5.41) is 8.72. The maximum atomic E-state index is 12.1. The second-order valence-corrected chi connectivity index (χ2v) is 3.84. The number of nitrogens with zero attached hydrogens (tertiary/aromatic N) is 1. The van der Waals surface area contributed by atoms with E-state index in [1.165, 1.54) is 0 Å². The molecule has 0 saturated carbocycles. The molecule has 0 aromatic heterocycles. The molecule has 1 aromatic rings.